The lowest BCUT2D eigenvalue weighted by Crippen LogP contribution is -2.51. The zero-order valence-corrected chi connectivity index (χ0v) is 19.8. The number of morpholine rings is 1. The van der Waals surface area contributed by atoms with Crippen LogP contribution >= 0.6 is 24.0 Å². The van der Waals surface area contributed by atoms with Gasteiger partial charge in [0.25, 0.3) is 0 Å². The summed E-state index contributed by atoms with van der Waals surface area (Å²) in [4.78, 5) is 32.0. The molecule has 0 aliphatic carbocycles. The molecule has 3 rings (SSSR count). The first-order valence-corrected chi connectivity index (χ1v) is 10.2. The van der Waals surface area contributed by atoms with Crippen molar-refractivity contribution in [2.45, 2.75) is 45.3 Å². The third-order valence-electron chi connectivity index (χ3n) is 5.11. The van der Waals surface area contributed by atoms with Crippen LogP contribution in [0.15, 0.2) is 29.3 Å². The van der Waals surface area contributed by atoms with Crippen molar-refractivity contribution in [2.24, 2.45) is 4.99 Å². The van der Waals surface area contributed by atoms with Gasteiger partial charge in [0.2, 0.25) is 11.8 Å². The predicted octanol–water partition coefficient (Wildman–Crippen LogP) is 2.71. The highest BCUT2D eigenvalue weighted by Gasteiger charge is 2.29. The SMILES string of the molecule is CCNC(=NCCN1C(=O)CCCC1=O)N1CC(C)OC(c2ccc(F)cc2)C1.I. The Labute approximate surface area is 194 Å². The Hall–Kier alpha value is -1.75. The van der Waals surface area contributed by atoms with Gasteiger partial charge in [-0.15, -0.1) is 24.0 Å². The molecule has 2 amide bonds. The molecule has 1 aromatic carbocycles. The summed E-state index contributed by atoms with van der Waals surface area (Å²) in [5.74, 6) is 0.230. The molecule has 30 heavy (non-hydrogen) atoms. The third-order valence-corrected chi connectivity index (χ3v) is 5.11. The maximum atomic E-state index is 13.3. The number of carbonyl (C=O) groups excluding carboxylic acids is 2. The van der Waals surface area contributed by atoms with Gasteiger partial charge in [0.15, 0.2) is 5.96 Å². The first-order valence-electron chi connectivity index (χ1n) is 10.2. The molecule has 2 heterocycles. The van der Waals surface area contributed by atoms with Crippen molar-refractivity contribution in [3.05, 3.63) is 35.6 Å². The topological polar surface area (TPSA) is 74.2 Å². The van der Waals surface area contributed by atoms with Crippen LogP contribution in [0.1, 0.15) is 44.8 Å². The molecule has 2 atom stereocenters. The second-order valence-electron chi connectivity index (χ2n) is 7.42. The van der Waals surface area contributed by atoms with Gasteiger partial charge in [-0.1, -0.05) is 12.1 Å². The molecular formula is C21H30FIN4O3. The average molecular weight is 532 g/mol. The van der Waals surface area contributed by atoms with Gasteiger partial charge in [-0.3, -0.25) is 19.5 Å². The Bertz CT molecular complexity index is 743. The molecule has 0 saturated carbocycles. The lowest BCUT2D eigenvalue weighted by molar-refractivity contribution is -0.147. The molecule has 0 aromatic heterocycles. The van der Waals surface area contributed by atoms with Crippen LogP contribution in [0, 0.1) is 5.82 Å². The number of amides is 2. The second kappa shape index (κ2) is 11.6. The van der Waals surface area contributed by atoms with Gasteiger partial charge in [0.05, 0.1) is 19.2 Å². The molecule has 1 N–H and O–H groups in total. The molecule has 0 spiro atoms. The largest absolute Gasteiger partial charge is 0.367 e. The summed E-state index contributed by atoms with van der Waals surface area (Å²) in [6.45, 7) is 6.61. The highest BCUT2D eigenvalue weighted by molar-refractivity contribution is 14.0. The van der Waals surface area contributed by atoms with Crippen molar-refractivity contribution in [1.29, 1.82) is 0 Å². The number of aliphatic imine (C=N–C) groups is 1. The predicted molar refractivity (Wildman–Crippen MR) is 123 cm³/mol. The number of piperidine rings is 1. The van der Waals surface area contributed by atoms with E-state index in [1.807, 2.05) is 13.8 Å². The van der Waals surface area contributed by atoms with Gasteiger partial charge in [-0.25, -0.2) is 4.39 Å². The molecular weight excluding hydrogens is 502 g/mol. The van der Waals surface area contributed by atoms with Crippen LogP contribution < -0.4 is 5.32 Å². The number of halogens is 2. The summed E-state index contributed by atoms with van der Waals surface area (Å²) >= 11 is 0. The molecule has 2 fully saturated rings. The van der Waals surface area contributed by atoms with E-state index in [-0.39, 0.29) is 53.8 Å². The Balaban J connectivity index is 0.00000320. The molecule has 2 aliphatic heterocycles. The zero-order chi connectivity index (χ0) is 20.8. The van der Waals surface area contributed by atoms with Crippen molar-refractivity contribution >= 4 is 41.8 Å². The number of likely N-dealkylation sites (tertiary alicyclic amines) is 1. The average Bonchev–Trinajstić information content (AvgIpc) is 2.69. The van der Waals surface area contributed by atoms with Crippen LogP contribution in [0.25, 0.3) is 0 Å². The van der Waals surface area contributed by atoms with E-state index in [9.17, 15) is 14.0 Å². The standard InChI is InChI=1S/C21H29FN4O3.HI/c1-3-23-21(24-11-12-26-19(27)5-4-6-20(26)28)25-13-15(2)29-18(14-25)16-7-9-17(22)10-8-16;/h7-10,15,18H,3-6,11-14H2,1-2H3,(H,23,24);1H. The van der Waals surface area contributed by atoms with Crippen molar-refractivity contribution in [3.63, 3.8) is 0 Å². The van der Waals surface area contributed by atoms with Crippen LogP contribution in [0.4, 0.5) is 4.39 Å². The van der Waals surface area contributed by atoms with Gasteiger partial charge in [0.1, 0.15) is 11.9 Å². The van der Waals surface area contributed by atoms with E-state index in [4.69, 9.17) is 4.74 Å². The fourth-order valence-corrected chi connectivity index (χ4v) is 3.72. The molecule has 7 nitrogen and oxygen atoms in total. The first-order chi connectivity index (χ1) is 14.0. The fourth-order valence-electron chi connectivity index (χ4n) is 3.72. The van der Waals surface area contributed by atoms with Crippen molar-refractivity contribution < 1.29 is 18.7 Å². The minimum Gasteiger partial charge on any atom is -0.367 e. The number of ether oxygens (including phenoxy) is 1. The summed E-state index contributed by atoms with van der Waals surface area (Å²) < 4.78 is 19.3. The van der Waals surface area contributed by atoms with Gasteiger partial charge >= 0.3 is 0 Å². The fraction of sp³-hybridized carbons (Fsp3) is 0.571. The summed E-state index contributed by atoms with van der Waals surface area (Å²) in [6.07, 6.45) is 1.28. The van der Waals surface area contributed by atoms with Crippen molar-refractivity contribution in [2.75, 3.05) is 32.7 Å². The maximum Gasteiger partial charge on any atom is 0.229 e. The van der Waals surface area contributed by atoms with Crippen LogP contribution in [0.5, 0.6) is 0 Å². The minimum atomic E-state index is -0.272. The molecule has 2 aliphatic rings. The summed E-state index contributed by atoms with van der Waals surface area (Å²) in [6, 6.07) is 6.37. The Morgan fingerprint density at radius 3 is 2.50 bits per heavy atom. The van der Waals surface area contributed by atoms with E-state index < -0.39 is 0 Å². The van der Waals surface area contributed by atoms with Gasteiger partial charge in [0, 0.05) is 32.5 Å². The quantitative estimate of drug-likeness (QED) is 0.273. The number of carbonyl (C=O) groups is 2. The van der Waals surface area contributed by atoms with Gasteiger partial charge < -0.3 is 15.0 Å². The number of guanidine groups is 1. The molecule has 2 saturated heterocycles. The molecule has 0 radical (unpaired) electrons. The monoisotopic (exact) mass is 532 g/mol. The minimum absolute atomic E-state index is 0. The first kappa shape index (κ1) is 24.5. The van der Waals surface area contributed by atoms with Crippen molar-refractivity contribution in [3.8, 4) is 0 Å². The molecule has 9 heteroatoms. The number of imide groups is 1. The van der Waals surface area contributed by atoms with Crippen LogP contribution in [0.3, 0.4) is 0 Å². The maximum absolute atomic E-state index is 13.3. The normalized spacial score (nSPS) is 22.7. The van der Waals surface area contributed by atoms with E-state index in [2.05, 4.69) is 15.2 Å². The smallest absolute Gasteiger partial charge is 0.229 e. The lowest BCUT2D eigenvalue weighted by Gasteiger charge is -2.38. The molecule has 166 valence electrons. The van der Waals surface area contributed by atoms with E-state index in [0.29, 0.717) is 52.0 Å². The van der Waals surface area contributed by atoms with Gasteiger partial charge in [-0.05, 0) is 38.0 Å². The number of hydrogen-bond acceptors (Lipinski definition) is 4. The number of rotatable bonds is 5. The third kappa shape index (κ3) is 6.37. The summed E-state index contributed by atoms with van der Waals surface area (Å²) in [7, 11) is 0. The lowest BCUT2D eigenvalue weighted by atomic mass is 10.1. The molecule has 2 unspecified atom stereocenters. The van der Waals surface area contributed by atoms with E-state index in [1.165, 1.54) is 17.0 Å². The molecule has 0 bridgehead atoms. The zero-order valence-electron chi connectivity index (χ0n) is 17.5. The Kier molecular flexibility index (Phi) is 9.47. The number of nitrogens with zero attached hydrogens (tertiary/aromatic N) is 3. The highest BCUT2D eigenvalue weighted by atomic mass is 127. The van der Waals surface area contributed by atoms with E-state index in [0.717, 1.165) is 11.5 Å². The Morgan fingerprint density at radius 2 is 1.87 bits per heavy atom. The number of nitrogens with one attached hydrogen (secondary N) is 1. The summed E-state index contributed by atoms with van der Waals surface area (Å²) in [5, 5.41) is 3.29. The number of benzene rings is 1. The van der Waals surface area contributed by atoms with Gasteiger partial charge in [-0.2, -0.15) is 0 Å². The van der Waals surface area contributed by atoms with Crippen LogP contribution in [0.2, 0.25) is 0 Å². The summed E-state index contributed by atoms with van der Waals surface area (Å²) in [5.41, 5.74) is 0.920. The number of hydrogen-bond donors (Lipinski definition) is 1. The Morgan fingerprint density at radius 1 is 1.20 bits per heavy atom. The second-order valence-corrected chi connectivity index (χ2v) is 7.42. The highest BCUT2D eigenvalue weighted by Crippen LogP contribution is 2.25. The van der Waals surface area contributed by atoms with Crippen LogP contribution in [-0.4, -0.2) is 66.4 Å². The van der Waals surface area contributed by atoms with Crippen molar-refractivity contribution in [1.82, 2.24) is 15.1 Å². The van der Waals surface area contributed by atoms with E-state index >= 15 is 0 Å². The van der Waals surface area contributed by atoms with Crippen LogP contribution in [-0.2, 0) is 14.3 Å². The molecule has 1 aromatic rings. The van der Waals surface area contributed by atoms with E-state index in [1.54, 1.807) is 12.1 Å².